The minimum atomic E-state index is -0.639. The van der Waals surface area contributed by atoms with E-state index in [-0.39, 0.29) is 16.9 Å². The van der Waals surface area contributed by atoms with Crippen LogP contribution in [0, 0.1) is 10.1 Å². The zero-order chi connectivity index (χ0) is 21.0. The SMILES string of the molecule is CC(C)(C)OC(=O)Nc1nnc(-c2ccc(NCC3CCCO3)c([N+](=O)[O-])c2)s1. The maximum absolute atomic E-state index is 11.8. The highest BCUT2D eigenvalue weighted by molar-refractivity contribution is 7.18. The largest absolute Gasteiger partial charge is 0.444 e. The second-order valence-electron chi connectivity index (χ2n) is 7.54. The number of nitrogens with one attached hydrogen (secondary N) is 2. The summed E-state index contributed by atoms with van der Waals surface area (Å²) in [5.41, 5.74) is 0.266. The Morgan fingerprint density at radius 2 is 2.21 bits per heavy atom. The lowest BCUT2D eigenvalue weighted by molar-refractivity contribution is -0.383. The predicted molar refractivity (Wildman–Crippen MR) is 109 cm³/mol. The molecule has 1 aromatic heterocycles. The van der Waals surface area contributed by atoms with Gasteiger partial charge in [0.1, 0.15) is 16.3 Å². The van der Waals surface area contributed by atoms with Crippen LogP contribution in [-0.2, 0) is 9.47 Å². The van der Waals surface area contributed by atoms with Crippen LogP contribution in [0.15, 0.2) is 18.2 Å². The quantitative estimate of drug-likeness (QED) is 0.528. The number of hydrogen-bond donors (Lipinski definition) is 2. The molecule has 2 heterocycles. The van der Waals surface area contributed by atoms with Crippen molar-refractivity contribution in [2.75, 3.05) is 23.8 Å². The average Bonchev–Trinajstić information content (AvgIpc) is 3.30. The van der Waals surface area contributed by atoms with Crippen molar-refractivity contribution in [1.29, 1.82) is 0 Å². The zero-order valence-corrected chi connectivity index (χ0v) is 17.2. The molecule has 0 saturated carbocycles. The van der Waals surface area contributed by atoms with Gasteiger partial charge in [-0.25, -0.2) is 4.79 Å². The summed E-state index contributed by atoms with van der Waals surface area (Å²) in [7, 11) is 0. The maximum atomic E-state index is 11.8. The van der Waals surface area contributed by atoms with E-state index in [4.69, 9.17) is 9.47 Å². The van der Waals surface area contributed by atoms with Gasteiger partial charge in [-0.05, 0) is 45.7 Å². The van der Waals surface area contributed by atoms with Crippen molar-refractivity contribution in [2.45, 2.75) is 45.3 Å². The highest BCUT2D eigenvalue weighted by Gasteiger charge is 2.21. The number of carbonyl (C=O) groups is 1. The zero-order valence-electron chi connectivity index (χ0n) is 16.4. The third-order valence-electron chi connectivity index (χ3n) is 4.02. The molecule has 1 aliphatic rings. The molecule has 10 nitrogen and oxygen atoms in total. The minimum absolute atomic E-state index is 0.0580. The number of anilines is 2. The van der Waals surface area contributed by atoms with Crippen molar-refractivity contribution in [3.63, 3.8) is 0 Å². The lowest BCUT2D eigenvalue weighted by atomic mass is 10.1. The molecule has 3 rings (SSSR count). The molecule has 1 fully saturated rings. The molecular weight excluding hydrogens is 398 g/mol. The summed E-state index contributed by atoms with van der Waals surface area (Å²) in [4.78, 5) is 22.9. The summed E-state index contributed by atoms with van der Waals surface area (Å²) in [5, 5.41) is 25.7. The van der Waals surface area contributed by atoms with Gasteiger partial charge in [0.2, 0.25) is 5.13 Å². The molecule has 1 atom stereocenters. The Kier molecular flexibility index (Phi) is 6.28. The fourth-order valence-electron chi connectivity index (χ4n) is 2.78. The third-order valence-corrected chi connectivity index (χ3v) is 4.91. The van der Waals surface area contributed by atoms with Crippen molar-refractivity contribution >= 4 is 33.9 Å². The van der Waals surface area contributed by atoms with Gasteiger partial charge in [-0.15, -0.1) is 10.2 Å². The van der Waals surface area contributed by atoms with E-state index in [1.165, 1.54) is 6.07 Å². The third kappa shape index (κ3) is 5.84. The van der Waals surface area contributed by atoms with E-state index in [2.05, 4.69) is 20.8 Å². The number of ether oxygens (including phenoxy) is 2. The molecule has 2 N–H and O–H groups in total. The van der Waals surface area contributed by atoms with E-state index >= 15 is 0 Å². The van der Waals surface area contributed by atoms with Gasteiger partial charge in [0, 0.05) is 24.8 Å². The van der Waals surface area contributed by atoms with Crippen LogP contribution in [0.3, 0.4) is 0 Å². The first-order valence-electron chi connectivity index (χ1n) is 9.19. The van der Waals surface area contributed by atoms with Crippen LogP contribution < -0.4 is 10.6 Å². The summed E-state index contributed by atoms with van der Waals surface area (Å²) in [5.74, 6) is 0. The highest BCUT2D eigenvalue weighted by atomic mass is 32.1. The van der Waals surface area contributed by atoms with Crippen molar-refractivity contribution in [2.24, 2.45) is 0 Å². The first kappa shape index (κ1) is 20.9. The fraction of sp³-hybridized carbons (Fsp3) is 0.500. The number of rotatable bonds is 6. The Morgan fingerprint density at radius 3 is 2.86 bits per heavy atom. The topological polar surface area (TPSA) is 129 Å². The lowest BCUT2D eigenvalue weighted by Gasteiger charge is -2.18. The number of benzene rings is 1. The molecule has 156 valence electrons. The van der Waals surface area contributed by atoms with Crippen molar-refractivity contribution in [1.82, 2.24) is 10.2 Å². The molecule has 1 aliphatic heterocycles. The number of nitro groups is 1. The Labute approximate surface area is 171 Å². The summed E-state index contributed by atoms with van der Waals surface area (Å²) in [6.07, 6.45) is 1.38. The van der Waals surface area contributed by atoms with Crippen molar-refractivity contribution in [3.05, 3.63) is 28.3 Å². The van der Waals surface area contributed by atoms with Gasteiger partial charge in [0.15, 0.2) is 0 Å². The van der Waals surface area contributed by atoms with Crippen LogP contribution in [0.4, 0.5) is 21.3 Å². The smallest absolute Gasteiger partial charge is 0.414 e. The molecule has 0 aliphatic carbocycles. The van der Waals surface area contributed by atoms with Gasteiger partial charge in [-0.2, -0.15) is 0 Å². The summed E-state index contributed by atoms with van der Waals surface area (Å²) >= 11 is 1.10. The van der Waals surface area contributed by atoms with E-state index in [1.807, 2.05) is 0 Å². The van der Waals surface area contributed by atoms with E-state index < -0.39 is 16.6 Å². The van der Waals surface area contributed by atoms with Crippen LogP contribution in [0.25, 0.3) is 10.6 Å². The fourth-order valence-corrected chi connectivity index (χ4v) is 3.50. The maximum Gasteiger partial charge on any atom is 0.414 e. The van der Waals surface area contributed by atoms with Crippen LogP contribution >= 0.6 is 11.3 Å². The Morgan fingerprint density at radius 1 is 1.41 bits per heavy atom. The van der Waals surface area contributed by atoms with Gasteiger partial charge in [0.25, 0.3) is 5.69 Å². The van der Waals surface area contributed by atoms with Crippen LogP contribution in [0.5, 0.6) is 0 Å². The molecule has 29 heavy (non-hydrogen) atoms. The second kappa shape index (κ2) is 8.70. The van der Waals surface area contributed by atoms with Gasteiger partial charge in [-0.3, -0.25) is 15.4 Å². The molecule has 0 bridgehead atoms. The Hall–Kier alpha value is -2.79. The minimum Gasteiger partial charge on any atom is -0.444 e. The number of aromatic nitrogens is 2. The van der Waals surface area contributed by atoms with E-state index in [1.54, 1.807) is 32.9 Å². The molecule has 1 saturated heterocycles. The summed E-state index contributed by atoms with van der Waals surface area (Å²) in [6.45, 7) is 6.51. The van der Waals surface area contributed by atoms with Crippen LogP contribution in [0.1, 0.15) is 33.6 Å². The van der Waals surface area contributed by atoms with Gasteiger partial charge in [-0.1, -0.05) is 11.3 Å². The number of amides is 1. The Balaban J connectivity index is 1.72. The van der Waals surface area contributed by atoms with Crippen molar-refractivity contribution in [3.8, 4) is 10.6 Å². The molecule has 0 radical (unpaired) electrons. The summed E-state index contributed by atoms with van der Waals surface area (Å²) in [6, 6.07) is 4.81. The Bertz CT molecular complexity index is 889. The average molecular weight is 421 g/mol. The molecule has 2 aromatic rings. The van der Waals surface area contributed by atoms with Crippen molar-refractivity contribution < 1.29 is 19.2 Å². The van der Waals surface area contributed by atoms with Gasteiger partial charge in [0.05, 0.1) is 11.0 Å². The first-order valence-corrected chi connectivity index (χ1v) is 10.0. The second-order valence-corrected chi connectivity index (χ2v) is 8.52. The van der Waals surface area contributed by atoms with E-state index in [0.717, 1.165) is 30.8 Å². The number of nitrogens with zero attached hydrogens (tertiary/aromatic N) is 3. The van der Waals surface area contributed by atoms with E-state index in [9.17, 15) is 14.9 Å². The standard InChI is InChI=1S/C18H23N5O5S/c1-18(2,3)28-17(24)20-16-22-21-15(29-16)11-6-7-13(14(9-11)23(25)26)19-10-12-5-4-8-27-12/h6-7,9,12,19H,4-5,8,10H2,1-3H3,(H,20,22,24). The molecule has 1 amide bonds. The normalized spacial score (nSPS) is 16.4. The van der Waals surface area contributed by atoms with Gasteiger partial charge < -0.3 is 14.8 Å². The molecular formula is C18H23N5O5S. The van der Waals surface area contributed by atoms with E-state index in [0.29, 0.717) is 22.8 Å². The van der Waals surface area contributed by atoms with Crippen LogP contribution in [-0.4, -0.2) is 46.1 Å². The molecule has 0 spiro atoms. The van der Waals surface area contributed by atoms with Gasteiger partial charge >= 0.3 is 6.09 Å². The monoisotopic (exact) mass is 421 g/mol. The number of carbonyl (C=O) groups excluding carboxylic acids is 1. The molecule has 11 heteroatoms. The molecule has 1 aromatic carbocycles. The summed E-state index contributed by atoms with van der Waals surface area (Å²) < 4.78 is 10.7. The first-order chi connectivity index (χ1) is 13.7. The highest BCUT2D eigenvalue weighted by Crippen LogP contribution is 2.33. The van der Waals surface area contributed by atoms with Crippen LogP contribution in [0.2, 0.25) is 0 Å². The number of nitro benzene ring substituents is 1. The predicted octanol–water partition coefficient (Wildman–Crippen LogP) is 4.05. The lowest BCUT2D eigenvalue weighted by Crippen LogP contribution is -2.27. The number of hydrogen-bond acceptors (Lipinski definition) is 9. The molecule has 1 unspecified atom stereocenters.